The number of halogens is 8. The maximum Gasteiger partial charge on any atom is 0.377 e. The third kappa shape index (κ3) is 5.05. The number of rotatable bonds is 10. The second-order valence-electron chi connectivity index (χ2n) is 5.08. The lowest BCUT2D eigenvalue weighted by Crippen LogP contribution is -2.57. The molecule has 0 bridgehead atoms. The number of ether oxygens (including phenoxy) is 1. The van der Waals surface area contributed by atoms with Crippen molar-refractivity contribution in [3.8, 4) is 0 Å². The quantitative estimate of drug-likeness (QED) is 0.360. The minimum atomic E-state index is -6.27. The van der Waals surface area contributed by atoms with Crippen LogP contribution in [-0.2, 0) is 9.53 Å². The van der Waals surface area contributed by atoms with E-state index in [2.05, 4.69) is 11.3 Å². The minimum absolute atomic E-state index is 0.0816. The Balaban J connectivity index is 4.83. The van der Waals surface area contributed by atoms with Crippen molar-refractivity contribution in [1.82, 2.24) is 0 Å². The first-order chi connectivity index (χ1) is 10.7. The molecule has 0 saturated heterocycles. The largest absolute Gasteiger partial charge is 0.457 e. The molecule has 11 heteroatoms. The summed E-state index contributed by atoms with van der Waals surface area (Å²) in [4.78, 5) is 11.2. The van der Waals surface area contributed by atoms with E-state index >= 15 is 0 Å². The van der Waals surface area contributed by atoms with Gasteiger partial charge in [0.25, 0.3) is 0 Å². The van der Waals surface area contributed by atoms with Gasteiger partial charge in [-0.05, 0) is 19.8 Å². The first-order valence-electron chi connectivity index (χ1n) is 6.59. The van der Waals surface area contributed by atoms with Crippen molar-refractivity contribution in [3.05, 3.63) is 12.2 Å². The Kier molecular flexibility index (Phi) is 7.66. The molecule has 0 radical (unpaired) electrons. The van der Waals surface area contributed by atoms with Gasteiger partial charge in [-0.25, -0.2) is 13.6 Å². The van der Waals surface area contributed by atoms with Crippen LogP contribution in [0.4, 0.5) is 35.1 Å². The van der Waals surface area contributed by atoms with Crippen molar-refractivity contribution in [3.63, 3.8) is 0 Å². The van der Waals surface area contributed by atoms with Gasteiger partial charge in [-0.2, -0.15) is 26.3 Å². The zero-order valence-corrected chi connectivity index (χ0v) is 12.5. The first-order valence-corrected chi connectivity index (χ1v) is 6.59. The average molecular weight is 372 g/mol. The molecule has 1 N–H and O–H groups in total. The number of esters is 1. The van der Waals surface area contributed by atoms with Gasteiger partial charge in [0, 0.05) is 12.0 Å². The van der Waals surface area contributed by atoms with Crippen molar-refractivity contribution in [2.24, 2.45) is 0 Å². The number of aliphatic hydroxyl groups excluding tert-OH is 1. The number of aliphatic hydroxyl groups is 1. The molecule has 0 aliphatic rings. The van der Waals surface area contributed by atoms with Crippen LogP contribution in [0.15, 0.2) is 12.2 Å². The maximum atomic E-state index is 13.3. The third-order valence-corrected chi connectivity index (χ3v) is 2.99. The van der Waals surface area contributed by atoms with Crippen LogP contribution in [0.5, 0.6) is 0 Å². The summed E-state index contributed by atoms with van der Waals surface area (Å²) in [5.41, 5.74) is -0.0816. The summed E-state index contributed by atoms with van der Waals surface area (Å²) >= 11 is 0. The van der Waals surface area contributed by atoms with E-state index < -0.39 is 62.1 Å². The van der Waals surface area contributed by atoms with E-state index in [4.69, 9.17) is 5.11 Å². The Bertz CT molecular complexity index is 450. The highest BCUT2D eigenvalue weighted by Crippen LogP contribution is 2.50. The van der Waals surface area contributed by atoms with Crippen LogP contribution in [0.3, 0.4) is 0 Å². The van der Waals surface area contributed by atoms with Crippen molar-refractivity contribution in [2.75, 3.05) is 6.61 Å². The van der Waals surface area contributed by atoms with Crippen LogP contribution < -0.4 is 0 Å². The van der Waals surface area contributed by atoms with Crippen LogP contribution >= 0.6 is 0 Å². The molecule has 1 atom stereocenters. The van der Waals surface area contributed by atoms with E-state index in [9.17, 15) is 39.9 Å². The molecule has 0 aromatic carbocycles. The first kappa shape index (κ1) is 22.6. The highest BCUT2D eigenvalue weighted by atomic mass is 19.4. The number of hydrogen-bond acceptors (Lipinski definition) is 3. The van der Waals surface area contributed by atoms with Crippen molar-refractivity contribution in [1.29, 1.82) is 0 Å². The standard InChI is InChI=1S/C13H16F8O3/c1-7(2)9(23)24-8(6-22)4-3-5-11(16,17)13(20,21)12(18,19)10(14)15/h8,10,22H,1,3-6H2,2H3. The fourth-order valence-corrected chi connectivity index (χ4v) is 1.53. The number of carbonyl (C=O) groups excluding carboxylic acids is 1. The van der Waals surface area contributed by atoms with Crippen LogP contribution in [-0.4, -0.2) is 48.0 Å². The van der Waals surface area contributed by atoms with Gasteiger partial charge in [0.05, 0.1) is 6.61 Å². The van der Waals surface area contributed by atoms with Gasteiger partial charge in [-0.1, -0.05) is 6.58 Å². The molecule has 0 saturated carbocycles. The molecular formula is C13H16F8O3. The highest BCUT2D eigenvalue weighted by Gasteiger charge is 2.74. The maximum absolute atomic E-state index is 13.3. The molecule has 0 aromatic rings. The van der Waals surface area contributed by atoms with Gasteiger partial charge >= 0.3 is 30.2 Å². The third-order valence-electron chi connectivity index (χ3n) is 2.99. The Morgan fingerprint density at radius 3 is 2.04 bits per heavy atom. The molecule has 0 rings (SSSR count). The molecule has 0 spiro atoms. The van der Waals surface area contributed by atoms with Crippen LogP contribution in [0.1, 0.15) is 26.2 Å². The van der Waals surface area contributed by atoms with E-state index in [0.29, 0.717) is 0 Å². The molecule has 142 valence electrons. The second kappa shape index (κ2) is 8.13. The van der Waals surface area contributed by atoms with Crippen molar-refractivity contribution in [2.45, 2.75) is 56.5 Å². The molecule has 3 nitrogen and oxygen atoms in total. The molecule has 1 unspecified atom stereocenters. The summed E-state index contributed by atoms with van der Waals surface area (Å²) in [7, 11) is 0. The van der Waals surface area contributed by atoms with Gasteiger partial charge in [-0.15, -0.1) is 0 Å². The summed E-state index contributed by atoms with van der Waals surface area (Å²) in [6.07, 6.45) is -9.66. The smallest absolute Gasteiger partial charge is 0.377 e. The SMILES string of the molecule is C=C(C)C(=O)OC(CO)CCCC(F)(F)C(F)(F)C(F)(F)C(F)F. The molecule has 0 amide bonds. The molecule has 24 heavy (non-hydrogen) atoms. The second-order valence-corrected chi connectivity index (χ2v) is 5.08. The molecule has 0 aliphatic heterocycles. The predicted molar refractivity (Wildman–Crippen MR) is 66.5 cm³/mol. The Labute approximate surface area is 132 Å². The predicted octanol–water partition coefficient (Wildman–Crippen LogP) is 3.81. The van der Waals surface area contributed by atoms with E-state index in [0.717, 1.165) is 0 Å². The Morgan fingerprint density at radius 1 is 1.17 bits per heavy atom. The highest BCUT2D eigenvalue weighted by molar-refractivity contribution is 5.87. The topological polar surface area (TPSA) is 46.5 Å². The zero-order chi connectivity index (χ0) is 19.3. The summed E-state index contributed by atoms with van der Waals surface area (Å²) in [6, 6.07) is 0. The summed E-state index contributed by atoms with van der Waals surface area (Å²) in [5, 5.41) is 8.89. The van der Waals surface area contributed by atoms with Crippen LogP contribution in [0, 0.1) is 0 Å². The molecular weight excluding hydrogens is 356 g/mol. The van der Waals surface area contributed by atoms with Crippen LogP contribution in [0.2, 0.25) is 0 Å². The molecule has 0 aliphatic carbocycles. The molecule has 0 aromatic heterocycles. The van der Waals surface area contributed by atoms with Gasteiger partial charge in [0.2, 0.25) is 0 Å². The van der Waals surface area contributed by atoms with Crippen molar-refractivity contribution >= 4 is 5.97 Å². The van der Waals surface area contributed by atoms with Gasteiger partial charge < -0.3 is 9.84 Å². The fourth-order valence-electron chi connectivity index (χ4n) is 1.53. The van der Waals surface area contributed by atoms with E-state index in [1.807, 2.05) is 0 Å². The zero-order valence-electron chi connectivity index (χ0n) is 12.5. The molecule has 0 fully saturated rings. The van der Waals surface area contributed by atoms with Crippen molar-refractivity contribution < 1.29 is 49.8 Å². The van der Waals surface area contributed by atoms with Gasteiger partial charge in [0.1, 0.15) is 6.10 Å². The lowest BCUT2D eigenvalue weighted by Gasteiger charge is -2.32. The van der Waals surface area contributed by atoms with Crippen LogP contribution in [0.25, 0.3) is 0 Å². The Morgan fingerprint density at radius 2 is 1.67 bits per heavy atom. The monoisotopic (exact) mass is 372 g/mol. The van der Waals surface area contributed by atoms with Gasteiger partial charge in [-0.3, -0.25) is 0 Å². The van der Waals surface area contributed by atoms with Gasteiger partial charge in [0.15, 0.2) is 0 Å². The molecule has 0 heterocycles. The number of alkyl halides is 8. The fraction of sp³-hybridized carbons (Fsp3) is 0.769. The number of carbonyl (C=O) groups is 1. The van der Waals surface area contributed by atoms with E-state index in [1.54, 1.807) is 0 Å². The average Bonchev–Trinajstić information content (AvgIpc) is 2.44. The summed E-state index contributed by atoms with van der Waals surface area (Å²) in [5.74, 6) is -18.9. The normalized spacial score (nSPS) is 14.6. The number of hydrogen-bond donors (Lipinski definition) is 1. The van der Waals surface area contributed by atoms with E-state index in [1.165, 1.54) is 6.92 Å². The van der Waals surface area contributed by atoms with E-state index in [-0.39, 0.29) is 5.57 Å². The summed E-state index contributed by atoms with van der Waals surface area (Å²) < 4.78 is 106. The summed E-state index contributed by atoms with van der Waals surface area (Å²) in [6.45, 7) is 3.62. The Hall–Kier alpha value is -1.39. The lowest BCUT2D eigenvalue weighted by atomic mass is 9.98. The lowest BCUT2D eigenvalue weighted by molar-refractivity contribution is -0.339. The minimum Gasteiger partial charge on any atom is -0.457 e.